The van der Waals surface area contributed by atoms with E-state index in [0.29, 0.717) is 6.04 Å². The minimum absolute atomic E-state index is 0.111. The van der Waals surface area contributed by atoms with Crippen LogP contribution in [0.25, 0.3) is 0 Å². The first-order valence-corrected chi connectivity index (χ1v) is 7.55. The van der Waals surface area contributed by atoms with Crippen LogP contribution in [0.5, 0.6) is 0 Å². The third-order valence-corrected chi connectivity index (χ3v) is 4.34. The Balaban J connectivity index is 2.12. The predicted molar refractivity (Wildman–Crippen MR) is 78.8 cm³/mol. The third kappa shape index (κ3) is 3.36. The van der Waals surface area contributed by atoms with Gasteiger partial charge in [-0.15, -0.1) is 0 Å². The van der Waals surface area contributed by atoms with Gasteiger partial charge in [0, 0.05) is 18.0 Å². The van der Waals surface area contributed by atoms with E-state index in [1.807, 2.05) is 6.07 Å². The summed E-state index contributed by atoms with van der Waals surface area (Å²) < 4.78 is 13.5. The van der Waals surface area contributed by atoms with Crippen molar-refractivity contribution < 1.29 is 4.39 Å². The zero-order valence-corrected chi connectivity index (χ0v) is 12.4. The van der Waals surface area contributed by atoms with Crippen molar-refractivity contribution >= 4 is 0 Å². The first-order valence-electron chi connectivity index (χ1n) is 7.55. The maximum Gasteiger partial charge on any atom is 0.123 e. The monoisotopic (exact) mass is 263 g/mol. The minimum atomic E-state index is -0.111. The average Bonchev–Trinajstić information content (AvgIpc) is 2.31. The van der Waals surface area contributed by atoms with Gasteiger partial charge in [0.2, 0.25) is 0 Å². The fourth-order valence-electron chi connectivity index (χ4n) is 3.36. The van der Waals surface area contributed by atoms with Crippen LogP contribution in [-0.4, -0.2) is 12.6 Å². The van der Waals surface area contributed by atoms with Gasteiger partial charge in [-0.2, -0.15) is 0 Å². The molecule has 0 radical (unpaired) electrons. The molecule has 1 saturated carbocycles. The van der Waals surface area contributed by atoms with E-state index in [1.165, 1.54) is 37.3 Å². The van der Waals surface area contributed by atoms with Crippen LogP contribution < -0.4 is 5.32 Å². The highest BCUT2D eigenvalue weighted by molar-refractivity contribution is 5.30. The van der Waals surface area contributed by atoms with Crippen LogP contribution in [-0.2, 0) is 5.41 Å². The maximum atomic E-state index is 13.5. The van der Waals surface area contributed by atoms with Crippen LogP contribution in [0.15, 0.2) is 24.3 Å². The molecule has 0 bridgehead atoms. The fraction of sp³-hybridized carbons (Fsp3) is 0.647. The molecule has 0 amide bonds. The van der Waals surface area contributed by atoms with Crippen LogP contribution in [0.4, 0.5) is 4.39 Å². The van der Waals surface area contributed by atoms with Gasteiger partial charge >= 0.3 is 0 Å². The standard InChI is InChI=1S/C17H26FN/c1-4-6-14-10-17(11-14,12-19-13(2)3)15-7-5-8-16(18)9-15/h5,7-9,13-14,19H,4,6,10-12H2,1-3H3. The molecule has 0 aliphatic heterocycles. The third-order valence-electron chi connectivity index (χ3n) is 4.34. The van der Waals surface area contributed by atoms with Gasteiger partial charge in [0.25, 0.3) is 0 Å². The van der Waals surface area contributed by atoms with Crippen molar-refractivity contribution in [1.82, 2.24) is 5.32 Å². The maximum absolute atomic E-state index is 13.5. The zero-order valence-electron chi connectivity index (χ0n) is 12.4. The molecular weight excluding hydrogens is 237 g/mol. The van der Waals surface area contributed by atoms with Gasteiger partial charge in [-0.1, -0.05) is 45.7 Å². The number of benzene rings is 1. The van der Waals surface area contributed by atoms with Crippen molar-refractivity contribution in [3.63, 3.8) is 0 Å². The van der Waals surface area contributed by atoms with Gasteiger partial charge in [0.1, 0.15) is 5.82 Å². The summed E-state index contributed by atoms with van der Waals surface area (Å²) in [5, 5.41) is 3.55. The lowest BCUT2D eigenvalue weighted by molar-refractivity contribution is 0.126. The van der Waals surface area contributed by atoms with Gasteiger partial charge in [-0.05, 0) is 36.5 Å². The Hall–Kier alpha value is -0.890. The Morgan fingerprint density at radius 3 is 2.68 bits per heavy atom. The first kappa shape index (κ1) is 14.5. The molecule has 0 aromatic heterocycles. The molecule has 0 heterocycles. The van der Waals surface area contributed by atoms with Crippen LogP contribution >= 0.6 is 0 Å². The van der Waals surface area contributed by atoms with Crippen molar-refractivity contribution in [3.05, 3.63) is 35.6 Å². The number of nitrogens with one attached hydrogen (secondary N) is 1. The summed E-state index contributed by atoms with van der Waals surface area (Å²) in [5.74, 6) is 0.711. The average molecular weight is 263 g/mol. The molecule has 2 heteroatoms. The summed E-state index contributed by atoms with van der Waals surface area (Å²) in [7, 11) is 0. The Bertz CT molecular complexity index is 407. The van der Waals surface area contributed by atoms with E-state index in [0.717, 1.165) is 12.5 Å². The minimum Gasteiger partial charge on any atom is -0.314 e. The Kier molecular flexibility index (Phi) is 4.62. The van der Waals surface area contributed by atoms with Gasteiger partial charge in [-0.25, -0.2) is 4.39 Å². The molecular formula is C17H26FN. The molecule has 1 aromatic rings. The van der Waals surface area contributed by atoms with E-state index in [2.05, 4.69) is 32.2 Å². The van der Waals surface area contributed by atoms with Crippen molar-refractivity contribution in [2.75, 3.05) is 6.54 Å². The molecule has 1 aliphatic carbocycles. The topological polar surface area (TPSA) is 12.0 Å². The summed E-state index contributed by atoms with van der Waals surface area (Å²) in [5.41, 5.74) is 1.33. The second-order valence-electron chi connectivity index (χ2n) is 6.39. The number of hydrogen-bond acceptors (Lipinski definition) is 1. The fourth-order valence-corrected chi connectivity index (χ4v) is 3.36. The Morgan fingerprint density at radius 1 is 1.37 bits per heavy atom. The number of rotatable bonds is 6. The van der Waals surface area contributed by atoms with E-state index in [1.54, 1.807) is 6.07 Å². The molecule has 1 nitrogen and oxygen atoms in total. The van der Waals surface area contributed by atoms with Gasteiger partial charge in [0.15, 0.2) is 0 Å². The second kappa shape index (κ2) is 6.04. The van der Waals surface area contributed by atoms with E-state index in [4.69, 9.17) is 0 Å². The molecule has 0 atom stereocenters. The van der Waals surface area contributed by atoms with Gasteiger partial charge in [0.05, 0.1) is 0 Å². The quantitative estimate of drug-likeness (QED) is 0.808. The summed E-state index contributed by atoms with van der Waals surface area (Å²) in [6.07, 6.45) is 4.95. The van der Waals surface area contributed by atoms with Gasteiger partial charge in [-0.3, -0.25) is 0 Å². The van der Waals surface area contributed by atoms with E-state index in [9.17, 15) is 4.39 Å². The first-order chi connectivity index (χ1) is 9.05. The Morgan fingerprint density at radius 2 is 2.11 bits per heavy atom. The molecule has 1 aromatic carbocycles. The Labute approximate surface area is 116 Å². The van der Waals surface area contributed by atoms with Crippen molar-refractivity contribution in [2.24, 2.45) is 5.92 Å². The van der Waals surface area contributed by atoms with E-state index >= 15 is 0 Å². The predicted octanol–water partition coefficient (Wildman–Crippen LogP) is 4.27. The molecule has 106 valence electrons. The van der Waals surface area contributed by atoms with Crippen molar-refractivity contribution in [3.8, 4) is 0 Å². The molecule has 1 fully saturated rings. The highest BCUT2D eigenvalue weighted by Crippen LogP contribution is 2.49. The summed E-state index contributed by atoms with van der Waals surface area (Å²) >= 11 is 0. The largest absolute Gasteiger partial charge is 0.314 e. The van der Waals surface area contributed by atoms with E-state index < -0.39 is 0 Å². The number of hydrogen-bond donors (Lipinski definition) is 1. The SMILES string of the molecule is CCCC1CC(CNC(C)C)(c2cccc(F)c2)C1. The van der Waals surface area contributed by atoms with Crippen LogP contribution in [0.3, 0.4) is 0 Å². The lowest BCUT2D eigenvalue weighted by Crippen LogP contribution is -2.50. The summed E-state index contributed by atoms with van der Waals surface area (Å²) in [4.78, 5) is 0. The van der Waals surface area contributed by atoms with Crippen LogP contribution in [0.2, 0.25) is 0 Å². The summed E-state index contributed by atoms with van der Waals surface area (Å²) in [6, 6.07) is 7.68. The summed E-state index contributed by atoms with van der Waals surface area (Å²) in [6.45, 7) is 7.55. The van der Waals surface area contributed by atoms with Crippen LogP contribution in [0.1, 0.15) is 52.0 Å². The molecule has 19 heavy (non-hydrogen) atoms. The molecule has 0 unspecified atom stereocenters. The van der Waals surface area contributed by atoms with Crippen molar-refractivity contribution in [1.29, 1.82) is 0 Å². The molecule has 2 rings (SSSR count). The van der Waals surface area contributed by atoms with Crippen LogP contribution in [0, 0.1) is 11.7 Å². The molecule has 1 N–H and O–H groups in total. The normalized spacial score (nSPS) is 26.5. The highest BCUT2D eigenvalue weighted by Gasteiger charge is 2.44. The highest BCUT2D eigenvalue weighted by atomic mass is 19.1. The molecule has 0 spiro atoms. The second-order valence-corrected chi connectivity index (χ2v) is 6.39. The molecule has 1 aliphatic rings. The lowest BCUT2D eigenvalue weighted by atomic mass is 9.57. The smallest absolute Gasteiger partial charge is 0.123 e. The van der Waals surface area contributed by atoms with Gasteiger partial charge < -0.3 is 5.32 Å². The number of halogens is 1. The van der Waals surface area contributed by atoms with Crippen molar-refractivity contribution in [2.45, 2.75) is 57.9 Å². The van der Waals surface area contributed by atoms with E-state index in [-0.39, 0.29) is 11.2 Å². The zero-order chi connectivity index (χ0) is 13.9. The molecule has 0 saturated heterocycles. The lowest BCUT2D eigenvalue weighted by Gasteiger charge is -2.49.